The average molecular weight is 627 g/mol. The van der Waals surface area contributed by atoms with Crippen LogP contribution in [0.5, 0.6) is 0 Å². The summed E-state index contributed by atoms with van der Waals surface area (Å²) in [5.74, 6) is 1.35. The number of aromatic nitrogens is 2. The topological polar surface area (TPSA) is 76.5 Å². The number of rotatable bonds is 14. The molecule has 0 unspecified atom stereocenters. The van der Waals surface area contributed by atoms with E-state index in [2.05, 4.69) is 90.8 Å². The van der Waals surface area contributed by atoms with Crippen molar-refractivity contribution in [2.45, 2.75) is 136 Å². The monoisotopic (exact) mass is 626 g/mol. The van der Waals surface area contributed by atoms with Gasteiger partial charge in [-0.1, -0.05) is 12.5 Å². The van der Waals surface area contributed by atoms with E-state index >= 15 is 0 Å². The third-order valence-corrected chi connectivity index (χ3v) is 10.6. The van der Waals surface area contributed by atoms with Crippen molar-refractivity contribution in [2.75, 3.05) is 13.7 Å². The molecule has 3 rings (SSSR count). The fourth-order valence-electron chi connectivity index (χ4n) is 5.83. The summed E-state index contributed by atoms with van der Waals surface area (Å²) >= 11 is 0. The van der Waals surface area contributed by atoms with Gasteiger partial charge in [0, 0.05) is 17.9 Å². The van der Waals surface area contributed by atoms with Gasteiger partial charge in [-0.15, -0.1) is 0 Å². The molecule has 236 valence electrons. The van der Waals surface area contributed by atoms with Crippen molar-refractivity contribution >= 4 is 31.0 Å². The lowest BCUT2D eigenvalue weighted by Crippen LogP contribution is -2.58. The van der Waals surface area contributed by atoms with E-state index in [9.17, 15) is 0 Å². The Hall–Kier alpha value is -0.799. The summed E-state index contributed by atoms with van der Waals surface area (Å²) in [5, 5.41) is 0. The molecule has 1 aromatic heterocycles. The van der Waals surface area contributed by atoms with E-state index in [1.807, 2.05) is 13.1 Å². The van der Waals surface area contributed by atoms with Crippen molar-refractivity contribution in [3.8, 4) is 0 Å². The highest BCUT2D eigenvalue weighted by molar-refractivity contribution is 6.70. The summed E-state index contributed by atoms with van der Waals surface area (Å²) in [6, 6.07) is 0. The second kappa shape index (κ2) is 13.5. The molecule has 0 amide bonds. The van der Waals surface area contributed by atoms with E-state index in [4.69, 9.17) is 27.6 Å². The van der Waals surface area contributed by atoms with Crippen LogP contribution in [-0.2, 0) is 22.8 Å². The molecule has 2 fully saturated rings. The Balaban J connectivity index is 1.80. The van der Waals surface area contributed by atoms with Crippen molar-refractivity contribution in [1.29, 1.82) is 0 Å². The zero-order chi connectivity index (χ0) is 30.9. The predicted molar refractivity (Wildman–Crippen MR) is 174 cm³/mol. The van der Waals surface area contributed by atoms with Crippen LogP contribution in [0.1, 0.15) is 45.1 Å². The van der Waals surface area contributed by atoms with E-state index in [1.165, 1.54) is 5.57 Å². The molecule has 0 aliphatic carbocycles. The van der Waals surface area contributed by atoms with Crippen LogP contribution in [0.2, 0.25) is 58.9 Å². The molecule has 8 atom stereocenters. The van der Waals surface area contributed by atoms with Gasteiger partial charge < -0.3 is 27.6 Å². The number of nitrogens with zero attached hydrogens (tertiary/aromatic N) is 2. The van der Waals surface area contributed by atoms with E-state index in [1.54, 1.807) is 11.8 Å². The van der Waals surface area contributed by atoms with Crippen LogP contribution in [0.3, 0.4) is 0 Å². The summed E-state index contributed by atoms with van der Waals surface area (Å²) in [4.78, 5) is 10.0. The maximum absolute atomic E-state index is 6.98. The van der Waals surface area contributed by atoms with Gasteiger partial charge in [0.2, 0.25) is 0 Å². The van der Waals surface area contributed by atoms with Gasteiger partial charge in [0.25, 0.3) is 0 Å². The number of hydrogen-bond donors (Lipinski definition) is 0. The number of epoxide rings is 1. The molecule has 0 N–H and O–H groups in total. The van der Waals surface area contributed by atoms with E-state index in [0.717, 1.165) is 24.4 Å². The number of hydrogen-bond acceptors (Lipinski definition) is 7. The molecule has 11 heteroatoms. The third kappa shape index (κ3) is 10.4. The molecule has 41 heavy (non-hydrogen) atoms. The fourth-order valence-corrected chi connectivity index (χ4v) is 9.41. The lowest BCUT2D eigenvalue weighted by atomic mass is 9.85. The zero-order valence-corrected chi connectivity index (χ0v) is 31.2. The highest BCUT2D eigenvalue weighted by Gasteiger charge is 2.51. The number of aryl methyl sites for hydroxylation is 1. The summed E-state index contributed by atoms with van der Waals surface area (Å²) in [7, 11) is -3.73. The summed E-state index contributed by atoms with van der Waals surface area (Å²) < 4.78 is 35.0. The first-order chi connectivity index (χ1) is 18.8. The van der Waals surface area contributed by atoms with E-state index in [-0.39, 0.29) is 42.5 Å². The molecule has 0 radical (unpaired) electrons. The van der Waals surface area contributed by atoms with Crippen LogP contribution < -0.4 is 4.84 Å². The molecule has 2 saturated heterocycles. The van der Waals surface area contributed by atoms with Crippen molar-refractivity contribution < 1.29 is 27.6 Å². The number of ether oxygens (including phenoxy) is 2. The Labute approximate surface area is 252 Å². The molecule has 8 nitrogen and oxygen atoms in total. The Morgan fingerprint density at radius 1 is 1.00 bits per heavy atom. The standard InChI is InChI=1S/C30H58N2O6Si3/c1-20(16-27-31-18-21(2)32(27)33-5)15-25-30(38-41(12,13)14)29(37-40(9,10)11)24(19-34-25)17-26-28(35-26)22(3)23(4)36-39(6,7)8/h16,18,22-26,28-30H,15,17,19H2,1-14H3/b20-16+/t22-,23-,24-,25-,26-,28-,29+,30-/m0/s1. The van der Waals surface area contributed by atoms with Gasteiger partial charge in [0.15, 0.2) is 30.8 Å². The second-order valence-corrected chi connectivity index (χ2v) is 28.5. The van der Waals surface area contributed by atoms with Gasteiger partial charge in [-0.2, -0.15) is 4.73 Å². The predicted octanol–water partition coefficient (Wildman–Crippen LogP) is 6.53. The van der Waals surface area contributed by atoms with Crippen LogP contribution in [0.25, 0.3) is 6.08 Å². The summed E-state index contributed by atoms with van der Waals surface area (Å²) in [6.45, 7) is 29.5. The third-order valence-electron chi connectivity index (χ3n) is 7.61. The van der Waals surface area contributed by atoms with Gasteiger partial charge in [-0.25, -0.2) is 4.98 Å². The minimum absolute atomic E-state index is 0.0287. The Kier molecular flexibility index (Phi) is 11.4. The minimum Gasteiger partial charge on any atom is -0.415 e. The fraction of sp³-hybridized carbons (Fsp3) is 0.833. The zero-order valence-electron chi connectivity index (χ0n) is 28.2. The average Bonchev–Trinajstić information content (AvgIpc) is 3.48. The van der Waals surface area contributed by atoms with E-state index < -0.39 is 25.0 Å². The van der Waals surface area contributed by atoms with Crippen molar-refractivity contribution in [3.63, 3.8) is 0 Å². The maximum Gasteiger partial charge on any atom is 0.184 e. The maximum atomic E-state index is 6.98. The quantitative estimate of drug-likeness (QED) is 0.172. The summed E-state index contributed by atoms with van der Waals surface area (Å²) in [6.07, 6.45) is 5.93. The van der Waals surface area contributed by atoms with Gasteiger partial charge in [-0.3, -0.25) is 0 Å². The van der Waals surface area contributed by atoms with Gasteiger partial charge >= 0.3 is 0 Å². The van der Waals surface area contributed by atoms with Crippen LogP contribution in [-0.4, -0.2) is 85.0 Å². The van der Waals surface area contributed by atoms with Gasteiger partial charge in [-0.05, 0) is 98.6 Å². The normalized spacial score (nSPS) is 29.4. The van der Waals surface area contributed by atoms with Crippen LogP contribution >= 0.6 is 0 Å². The molecule has 1 aromatic rings. The first kappa shape index (κ1) is 34.7. The smallest absolute Gasteiger partial charge is 0.184 e. The van der Waals surface area contributed by atoms with Gasteiger partial charge in [0.05, 0.1) is 49.0 Å². The second-order valence-electron chi connectivity index (χ2n) is 15.1. The molecular formula is C30H58N2O6Si3. The first-order valence-electron chi connectivity index (χ1n) is 15.3. The lowest BCUT2D eigenvalue weighted by Gasteiger charge is -2.47. The van der Waals surface area contributed by atoms with Crippen LogP contribution in [0, 0.1) is 18.8 Å². The largest absolute Gasteiger partial charge is 0.415 e. The molecule has 0 bridgehead atoms. The molecule has 0 saturated carbocycles. The minimum atomic E-state index is -1.91. The van der Waals surface area contributed by atoms with E-state index in [0.29, 0.717) is 12.5 Å². The van der Waals surface area contributed by atoms with Crippen LogP contribution in [0.15, 0.2) is 11.8 Å². The lowest BCUT2D eigenvalue weighted by molar-refractivity contribution is -0.152. The van der Waals surface area contributed by atoms with Crippen molar-refractivity contribution in [2.24, 2.45) is 11.8 Å². The Bertz CT molecular complexity index is 1030. The highest BCUT2D eigenvalue weighted by atomic mass is 28.4. The van der Waals surface area contributed by atoms with Crippen molar-refractivity contribution in [1.82, 2.24) is 9.71 Å². The summed E-state index contributed by atoms with van der Waals surface area (Å²) in [5.41, 5.74) is 2.13. The van der Waals surface area contributed by atoms with Crippen molar-refractivity contribution in [3.05, 3.63) is 23.3 Å². The molecular weight excluding hydrogens is 569 g/mol. The molecule has 0 spiro atoms. The molecule has 3 heterocycles. The molecule has 2 aliphatic heterocycles. The molecule has 0 aromatic carbocycles. The first-order valence-corrected chi connectivity index (χ1v) is 25.6. The van der Waals surface area contributed by atoms with Crippen LogP contribution in [0.4, 0.5) is 0 Å². The Morgan fingerprint density at radius 2 is 1.61 bits per heavy atom. The van der Waals surface area contributed by atoms with Gasteiger partial charge in [0.1, 0.15) is 7.11 Å². The number of imidazole rings is 1. The SMILES string of the molecule is COn1c(C)cnc1/C=C(\C)C[C@@H]1OC[C@H](C[C@@H]2O[C@H]2[C@@H](C)[C@H](C)O[Si](C)(C)C)[C@@H](O[Si](C)(C)C)[C@H]1O[Si](C)(C)C. The highest BCUT2D eigenvalue weighted by Crippen LogP contribution is 2.41. The Morgan fingerprint density at radius 3 is 2.17 bits per heavy atom. The molecule has 2 aliphatic rings.